The van der Waals surface area contributed by atoms with E-state index >= 15 is 0 Å². The molecule has 0 saturated carbocycles. The predicted octanol–water partition coefficient (Wildman–Crippen LogP) is 1.96. The largest absolute Gasteiger partial charge is 0.298 e. The molecule has 0 saturated heterocycles. The summed E-state index contributed by atoms with van der Waals surface area (Å²) in [5.74, 6) is 0. The van der Waals surface area contributed by atoms with Crippen LogP contribution in [-0.4, -0.2) is 6.29 Å². The quantitative estimate of drug-likeness (QED) is 0.603. The minimum absolute atomic E-state index is 0.679. The summed E-state index contributed by atoms with van der Waals surface area (Å²) in [7, 11) is 0. The smallest absolute Gasteiger partial charge is 0.150 e. The number of carbonyl (C=O) groups excluding carboxylic acids is 1. The van der Waals surface area contributed by atoms with Crippen molar-refractivity contribution in [1.29, 1.82) is 5.26 Å². The molecule has 0 bridgehead atoms. The maximum Gasteiger partial charge on any atom is 0.150 e. The second kappa shape index (κ2) is 2.87. The molecule has 1 aliphatic carbocycles. The van der Waals surface area contributed by atoms with Crippen molar-refractivity contribution in [3.63, 3.8) is 0 Å². The average Bonchev–Trinajstić information content (AvgIpc) is 2.60. The zero-order chi connectivity index (χ0) is 9.26. The van der Waals surface area contributed by atoms with Crippen molar-refractivity contribution in [3.8, 4) is 6.07 Å². The first-order valence-electron chi connectivity index (χ1n) is 4.04. The van der Waals surface area contributed by atoms with Gasteiger partial charge < -0.3 is 0 Å². The van der Waals surface area contributed by atoms with E-state index in [4.69, 9.17) is 5.26 Å². The fourth-order valence-corrected chi connectivity index (χ4v) is 1.62. The maximum atomic E-state index is 10.7. The lowest BCUT2D eigenvalue weighted by atomic mass is 10.0. The normalized spacial score (nSPS) is 13.0. The van der Waals surface area contributed by atoms with Crippen molar-refractivity contribution in [2.24, 2.45) is 0 Å². The molecule has 1 aromatic rings. The van der Waals surface area contributed by atoms with E-state index in [2.05, 4.69) is 6.07 Å². The first kappa shape index (κ1) is 7.75. The zero-order valence-electron chi connectivity index (χ0n) is 6.95. The molecule has 1 aromatic carbocycles. The Hall–Kier alpha value is -1.88. The third-order valence-electron chi connectivity index (χ3n) is 2.26. The molecule has 0 unspecified atom stereocenters. The number of carbonyl (C=O) groups is 1. The van der Waals surface area contributed by atoms with Gasteiger partial charge in [0.25, 0.3) is 0 Å². The lowest BCUT2D eigenvalue weighted by Crippen LogP contribution is -1.91. The molecule has 0 aromatic heterocycles. The molecule has 0 fully saturated rings. The minimum atomic E-state index is 0.679. The van der Waals surface area contributed by atoms with Crippen LogP contribution < -0.4 is 0 Å². The number of nitriles is 1. The van der Waals surface area contributed by atoms with E-state index in [9.17, 15) is 4.79 Å². The summed E-state index contributed by atoms with van der Waals surface area (Å²) in [6.07, 6.45) is 3.40. The summed E-state index contributed by atoms with van der Waals surface area (Å²) in [4.78, 5) is 10.7. The number of rotatable bonds is 1. The van der Waals surface area contributed by atoms with Gasteiger partial charge in [0.05, 0.1) is 11.6 Å². The van der Waals surface area contributed by atoms with Crippen LogP contribution in [0.5, 0.6) is 0 Å². The van der Waals surface area contributed by atoms with Gasteiger partial charge in [-0.1, -0.05) is 24.3 Å². The zero-order valence-corrected chi connectivity index (χ0v) is 6.95. The first-order chi connectivity index (χ1) is 6.36. The summed E-state index contributed by atoms with van der Waals surface area (Å²) in [5.41, 5.74) is 3.26. The van der Waals surface area contributed by atoms with Crippen molar-refractivity contribution < 1.29 is 4.79 Å². The summed E-state index contributed by atoms with van der Waals surface area (Å²) in [5, 5.41) is 8.77. The molecule has 2 heteroatoms. The topological polar surface area (TPSA) is 40.9 Å². The van der Waals surface area contributed by atoms with Crippen LogP contribution in [0.4, 0.5) is 0 Å². The summed E-state index contributed by atoms with van der Waals surface area (Å²) in [6, 6.07) is 7.58. The van der Waals surface area contributed by atoms with Crippen LogP contribution >= 0.6 is 0 Å². The molecular formula is C11H7NO. The van der Waals surface area contributed by atoms with Crippen LogP contribution in [0.2, 0.25) is 0 Å². The van der Waals surface area contributed by atoms with Gasteiger partial charge in [-0.3, -0.25) is 4.79 Å². The lowest BCUT2D eigenvalue weighted by molar-refractivity contribution is 0.112. The molecule has 0 N–H and O–H groups in total. The first-order valence-corrected chi connectivity index (χ1v) is 4.04. The van der Waals surface area contributed by atoms with Crippen LogP contribution in [0, 0.1) is 11.3 Å². The molecule has 62 valence electrons. The third kappa shape index (κ3) is 1.06. The molecule has 0 amide bonds. The van der Waals surface area contributed by atoms with Crippen molar-refractivity contribution in [2.75, 3.05) is 0 Å². The molecule has 0 aliphatic heterocycles. The highest BCUT2D eigenvalue weighted by Crippen LogP contribution is 2.28. The number of hydrogen-bond donors (Lipinski definition) is 0. The lowest BCUT2D eigenvalue weighted by Gasteiger charge is -2.01. The van der Waals surface area contributed by atoms with Crippen LogP contribution in [0.15, 0.2) is 24.3 Å². The Morgan fingerprint density at radius 1 is 1.46 bits per heavy atom. The highest BCUT2D eigenvalue weighted by atomic mass is 16.1. The van der Waals surface area contributed by atoms with Gasteiger partial charge in [-0.25, -0.2) is 0 Å². The number of aldehydes is 1. The van der Waals surface area contributed by atoms with Crippen LogP contribution in [0.1, 0.15) is 21.5 Å². The fourth-order valence-electron chi connectivity index (χ4n) is 1.62. The Labute approximate surface area is 76.1 Å². The monoisotopic (exact) mass is 169 g/mol. The van der Waals surface area contributed by atoms with Crippen molar-refractivity contribution in [2.45, 2.75) is 6.42 Å². The van der Waals surface area contributed by atoms with E-state index in [1.54, 1.807) is 12.1 Å². The van der Waals surface area contributed by atoms with E-state index in [-0.39, 0.29) is 0 Å². The SMILES string of the molecule is N#CC1=CCc2c(C=O)cccc21. The van der Waals surface area contributed by atoms with Crippen molar-refractivity contribution >= 4 is 11.9 Å². The number of nitrogens with zero attached hydrogens (tertiary/aromatic N) is 1. The third-order valence-corrected chi connectivity index (χ3v) is 2.26. The van der Waals surface area contributed by atoms with E-state index in [0.29, 0.717) is 17.6 Å². The van der Waals surface area contributed by atoms with Gasteiger partial charge >= 0.3 is 0 Å². The molecule has 13 heavy (non-hydrogen) atoms. The molecule has 0 radical (unpaired) electrons. The summed E-state index contributed by atoms with van der Waals surface area (Å²) >= 11 is 0. The standard InChI is InChI=1S/C11H7NO/c12-6-8-4-5-11-9(7-13)2-1-3-10(8)11/h1-4,7H,5H2. The Balaban J connectivity index is 2.62. The number of allylic oxidation sites excluding steroid dienone is 2. The van der Waals surface area contributed by atoms with Crippen LogP contribution in [0.3, 0.4) is 0 Å². The fraction of sp³-hybridized carbons (Fsp3) is 0.0909. The van der Waals surface area contributed by atoms with Gasteiger partial charge in [0, 0.05) is 5.56 Å². The minimum Gasteiger partial charge on any atom is -0.298 e. The Morgan fingerprint density at radius 3 is 3.00 bits per heavy atom. The van der Waals surface area contributed by atoms with Gasteiger partial charge in [-0.05, 0) is 17.5 Å². The second-order valence-electron chi connectivity index (χ2n) is 2.92. The Morgan fingerprint density at radius 2 is 2.31 bits per heavy atom. The highest BCUT2D eigenvalue weighted by Gasteiger charge is 2.15. The second-order valence-corrected chi connectivity index (χ2v) is 2.92. The molecule has 1 aliphatic rings. The van der Waals surface area contributed by atoms with Crippen LogP contribution in [-0.2, 0) is 6.42 Å². The number of hydrogen-bond acceptors (Lipinski definition) is 2. The molecule has 0 atom stereocenters. The van der Waals surface area contributed by atoms with Gasteiger partial charge in [-0.2, -0.15) is 5.26 Å². The van der Waals surface area contributed by atoms with E-state index in [0.717, 1.165) is 17.4 Å². The summed E-state index contributed by atoms with van der Waals surface area (Å²) < 4.78 is 0. The number of fused-ring (bicyclic) bond motifs is 1. The maximum absolute atomic E-state index is 10.7. The number of benzene rings is 1. The Bertz CT molecular complexity index is 438. The molecule has 2 nitrogen and oxygen atoms in total. The van der Waals surface area contributed by atoms with Crippen molar-refractivity contribution in [3.05, 3.63) is 41.0 Å². The van der Waals surface area contributed by atoms with E-state index in [1.807, 2.05) is 12.1 Å². The van der Waals surface area contributed by atoms with Gasteiger partial charge in [0.15, 0.2) is 0 Å². The molecule has 0 spiro atoms. The van der Waals surface area contributed by atoms with Gasteiger partial charge in [0.2, 0.25) is 0 Å². The molecular weight excluding hydrogens is 162 g/mol. The van der Waals surface area contributed by atoms with Gasteiger partial charge in [-0.15, -0.1) is 0 Å². The van der Waals surface area contributed by atoms with E-state index in [1.165, 1.54) is 0 Å². The van der Waals surface area contributed by atoms with Crippen LogP contribution in [0.25, 0.3) is 5.57 Å². The van der Waals surface area contributed by atoms with Crippen molar-refractivity contribution in [1.82, 2.24) is 0 Å². The Kier molecular flexibility index (Phi) is 1.71. The van der Waals surface area contributed by atoms with E-state index < -0.39 is 0 Å². The highest BCUT2D eigenvalue weighted by molar-refractivity contribution is 5.88. The molecule has 0 heterocycles. The average molecular weight is 169 g/mol. The van der Waals surface area contributed by atoms with Gasteiger partial charge in [0.1, 0.15) is 6.29 Å². The molecule has 2 rings (SSSR count). The predicted molar refractivity (Wildman–Crippen MR) is 49.1 cm³/mol. The summed E-state index contributed by atoms with van der Waals surface area (Å²) in [6.45, 7) is 0.